The normalized spacial score (nSPS) is 18.0. The second kappa shape index (κ2) is 6.06. The number of fused-ring (bicyclic) bond motifs is 1. The number of para-hydroxylation sites is 1. The number of nitrogens with zero attached hydrogens (tertiary/aromatic N) is 1. The van der Waals surface area contributed by atoms with Crippen LogP contribution in [0, 0.1) is 11.3 Å². The Morgan fingerprint density at radius 2 is 2.05 bits per heavy atom. The number of rotatable bonds is 3. The van der Waals surface area contributed by atoms with Gasteiger partial charge in [0.15, 0.2) is 0 Å². The van der Waals surface area contributed by atoms with Gasteiger partial charge < -0.3 is 0 Å². The van der Waals surface area contributed by atoms with E-state index in [2.05, 4.69) is 32.3 Å². The summed E-state index contributed by atoms with van der Waals surface area (Å²) in [4.78, 5) is 19.4. The van der Waals surface area contributed by atoms with Crippen molar-refractivity contribution in [1.29, 1.82) is 0 Å². The Morgan fingerprint density at radius 3 is 2.67 bits per heavy atom. The maximum absolute atomic E-state index is 12.4. The number of amides is 2. The topological polar surface area (TPSA) is 41.6 Å². The fraction of sp³-hybridized carbons (Fsp3) is 0.588. The second-order valence-electron chi connectivity index (χ2n) is 7.20. The third-order valence-corrected chi connectivity index (χ3v) is 3.83. The van der Waals surface area contributed by atoms with Crippen LogP contribution in [0.5, 0.6) is 0 Å². The van der Waals surface area contributed by atoms with Crippen LogP contribution in [-0.4, -0.2) is 19.2 Å². The van der Waals surface area contributed by atoms with Crippen molar-refractivity contribution in [2.45, 2.75) is 40.5 Å². The lowest BCUT2D eigenvalue weighted by Gasteiger charge is -2.27. The Hall–Kier alpha value is -1.55. The van der Waals surface area contributed by atoms with Gasteiger partial charge in [-0.1, -0.05) is 52.8 Å². The molecular formula is C17H26N2O2. The summed E-state index contributed by atoms with van der Waals surface area (Å²) >= 11 is 0. The number of hydroxylamine groups is 1. The first-order valence-corrected chi connectivity index (χ1v) is 7.59. The fourth-order valence-corrected chi connectivity index (χ4v) is 2.67. The van der Waals surface area contributed by atoms with E-state index in [1.54, 1.807) is 4.90 Å². The van der Waals surface area contributed by atoms with Crippen LogP contribution in [0.15, 0.2) is 24.3 Å². The molecule has 0 radical (unpaired) electrons. The van der Waals surface area contributed by atoms with Gasteiger partial charge in [-0.3, -0.25) is 9.74 Å². The molecule has 0 aliphatic carbocycles. The Bertz CT molecular complexity index is 506. The summed E-state index contributed by atoms with van der Waals surface area (Å²) in [7, 11) is 0. The Balaban J connectivity index is 2.14. The highest BCUT2D eigenvalue weighted by atomic mass is 16.7. The van der Waals surface area contributed by atoms with E-state index < -0.39 is 0 Å². The number of anilines is 1. The number of urea groups is 1. The lowest BCUT2D eigenvalue weighted by atomic mass is 9.78. The summed E-state index contributed by atoms with van der Waals surface area (Å²) < 4.78 is 0. The quantitative estimate of drug-likeness (QED) is 0.857. The van der Waals surface area contributed by atoms with Crippen molar-refractivity contribution >= 4 is 11.7 Å². The number of carbonyl (C=O) groups excluding carboxylic acids is 1. The number of carbonyl (C=O) groups is 1. The minimum atomic E-state index is -0.185. The molecule has 0 saturated carbocycles. The molecule has 1 unspecified atom stereocenters. The van der Waals surface area contributed by atoms with E-state index in [0.717, 1.165) is 5.69 Å². The van der Waals surface area contributed by atoms with E-state index in [1.165, 1.54) is 5.56 Å². The monoisotopic (exact) mass is 290 g/mol. The first-order valence-electron chi connectivity index (χ1n) is 7.59. The van der Waals surface area contributed by atoms with E-state index in [0.29, 0.717) is 25.0 Å². The van der Waals surface area contributed by atoms with E-state index >= 15 is 0 Å². The second-order valence-corrected chi connectivity index (χ2v) is 7.20. The molecule has 0 aromatic heterocycles. The standard InChI is InChI=1S/C17H26N2O2/c1-12(2)11-21-18-16(20)19-10-14(17(3,4)5)13-8-6-7-9-15(13)19/h6-9,12,14H,10-11H2,1-5H3,(H,18,20). The van der Waals surface area contributed by atoms with Crippen molar-refractivity contribution < 1.29 is 9.63 Å². The molecule has 1 aliphatic rings. The van der Waals surface area contributed by atoms with Gasteiger partial charge in [0.2, 0.25) is 0 Å². The van der Waals surface area contributed by atoms with Gasteiger partial charge in [-0.15, -0.1) is 0 Å². The van der Waals surface area contributed by atoms with Crippen molar-refractivity contribution in [2.24, 2.45) is 11.3 Å². The van der Waals surface area contributed by atoms with Crippen molar-refractivity contribution in [3.8, 4) is 0 Å². The van der Waals surface area contributed by atoms with Crippen LogP contribution in [0.4, 0.5) is 10.5 Å². The molecule has 1 aliphatic heterocycles. The average Bonchev–Trinajstić information content (AvgIpc) is 2.77. The summed E-state index contributed by atoms with van der Waals surface area (Å²) in [5.41, 5.74) is 4.90. The summed E-state index contributed by atoms with van der Waals surface area (Å²) in [6.45, 7) is 11.9. The minimum Gasteiger partial charge on any atom is -0.292 e. The highest BCUT2D eigenvalue weighted by Crippen LogP contribution is 2.45. The van der Waals surface area contributed by atoms with Crippen molar-refractivity contribution in [2.75, 3.05) is 18.1 Å². The van der Waals surface area contributed by atoms with Crippen LogP contribution in [0.3, 0.4) is 0 Å². The van der Waals surface area contributed by atoms with E-state index in [4.69, 9.17) is 4.84 Å². The number of hydrogen-bond donors (Lipinski definition) is 1. The van der Waals surface area contributed by atoms with Crippen LogP contribution in [0.1, 0.15) is 46.1 Å². The highest BCUT2D eigenvalue weighted by Gasteiger charge is 2.38. The molecule has 1 atom stereocenters. The maximum atomic E-state index is 12.4. The molecule has 0 spiro atoms. The summed E-state index contributed by atoms with van der Waals surface area (Å²) in [5.74, 6) is 0.725. The van der Waals surface area contributed by atoms with Gasteiger partial charge in [-0.2, -0.15) is 0 Å². The van der Waals surface area contributed by atoms with Crippen LogP contribution in [0.25, 0.3) is 0 Å². The van der Waals surface area contributed by atoms with Crippen LogP contribution in [0.2, 0.25) is 0 Å². The summed E-state index contributed by atoms with van der Waals surface area (Å²) in [6, 6.07) is 7.94. The molecule has 1 N–H and O–H groups in total. The summed E-state index contributed by atoms with van der Waals surface area (Å²) in [6.07, 6.45) is 0. The van der Waals surface area contributed by atoms with Gasteiger partial charge in [0.05, 0.1) is 6.61 Å². The predicted molar refractivity (Wildman–Crippen MR) is 85.3 cm³/mol. The minimum absolute atomic E-state index is 0.115. The van der Waals surface area contributed by atoms with Gasteiger partial charge in [0.25, 0.3) is 0 Å². The molecule has 1 heterocycles. The van der Waals surface area contributed by atoms with Crippen molar-refractivity contribution in [3.05, 3.63) is 29.8 Å². The molecule has 4 nitrogen and oxygen atoms in total. The third-order valence-electron chi connectivity index (χ3n) is 3.83. The molecule has 21 heavy (non-hydrogen) atoms. The predicted octanol–water partition coefficient (Wildman–Crippen LogP) is 3.93. The molecule has 0 saturated heterocycles. The van der Waals surface area contributed by atoms with Gasteiger partial charge in [0.1, 0.15) is 0 Å². The van der Waals surface area contributed by atoms with Crippen molar-refractivity contribution in [3.63, 3.8) is 0 Å². The van der Waals surface area contributed by atoms with Gasteiger partial charge in [-0.05, 0) is 23.0 Å². The molecule has 1 aromatic rings. The Morgan fingerprint density at radius 1 is 1.38 bits per heavy atom. The third kappa shape index (κ3) is 3.56. The lowest BCUT2D eigenvalue weighted by molar-refractivity contribution is 0.0461. The molecule has 2 amide bonds. The molecular weight excluding hydrogens is 264 g/mol. The van der Waals surface area contributed by atoms with E-state index in [1.807, 2.05) is 32.0 Å². The van der Waals surface area contributed by atoms with Gasteiger partial charge in [-0.25, -0.2) is 10.3 Å². The lowest BCUT2D eigenvalue weighted by Crippen LogP contribution is -2.40. The summed E-state index contributed by atoms with van der Waals surface area (Å²) in [5, 5.41) is 0. The number of benzene rings is 1. The van der Waals surface area contributed by atoms with E-state index in [-0.39, 0.29) is 11.4 Å². The Labute approximate surface area is 127 Å². The van der Waals surface area contributed by atoms with Crippen molar-refractivity contribution in [1.82, 2.24) is 5.48 Å². The molecule has 0 fully saturated rings. The molecule has 2 rings (SSSR count). The van der Waals surface area contributed by atoms with Crippen LogP contribution in [-0.2, 0) is 4.84 Å². The fourth-order valence-electron chi connectivity index (χ4n) is 2.67. The van der Waals surface area contributed by atoms with Crippen LogP contribution < -0.4 is 10.4 Å². The van der Waals surface area contributed by atoms with Crippen LogP contribution >= 0.6 is 0 Å². The largest absolute Gasteiger partial charge is 0.345 e. The average molecular weight is 290 g/mol. The number of hydrogen-bond acceptors (Lipinski definition) is 2. The zero-order chi connectivity index (χ0) is 15.6. The zero-order valence-corrected chi connectivity index (χ0v) is 13.6. The first-order chi connectivity index (χ1) is 9.80. The van der Waals surface area contributed by atoms with Gasteiger partial charge >= 0.3 is 6.03 Å². The molecule has 1 aromatic carbocycles. The van der Waals surface area contributed by atoms with Gasteiger partial charge in [0, 0.05) is 18.2 Å². The van der Waals surface area contributed by atoms with E-state index in [9.17, 15) is 4.79 Å². The first kappa shape index (κ1) is 15.8. The highest BCUT2D eigenvalue weighted by molar-refractivity contribution is 5.94. The Kier molecular flexibility index (Phi) is 4.57. The SMILES string of the molecule is CC(C)CONC(=O)N1CC(C(C)(C)C)c2ccccc21. The maximum Gasteiger partial charge on any atom is 0.345 e. The smallest absolute Gasteiger partial charge is 0.292 e. The zero-order valence-electron chi connectivity index (χ0n) is 13.6. The number of nitrogens with one attached hydrogen (secondary N) is 1. The molecule has 116 valence electrons. The molecule has 4 heteroatoms. The molecule has 0 bridgehead atoms.